The van der Waals surface area contributed by atoms with E-state index in [-0.39, 0.29) is 23.2 Å². The van der Waals surface area contributed by atoms with Crippen LogP contribution in [0.2, 0.25) is 0 Å². The van der Waals surface area contributed by atoms with E-state index >= 15 is 0 Å². The van der Waals surface area contributed by atoms with Crippen molar-refractivity contribution in [1.29, 1.82) is 0 Å². The minimum Gasteiger partial charge on any atom is -0.477 e. The first kappa shape index (κ1) is 20.2. The van der Waals surface area contributed by atoms with Crippen molar-refractivity contribution in [3.05, 3.63) is 17.6 Å². The molecule has 0 spiro atoms. The van der Waals surface area contributed by atoms with Gasteiger partial charge in [0.1, 0.15) is 23.9 Å². The number of fused-ring (bicyclic) bond motifs is 1. The Labute approximate surface area is 175 Å². The highest BCUT2D eigenvalue weighted by Gasteiger charge is 2.57. The molecule has 15 nitrogen and oxygen atoms in total. The second-order valence-corrected chi connectivity index (χ2v) is 8.65. The number of nitrogens with zero attached hydrogens (tertiary/aromatic N) is 9. The van der Waals surface area contributed by atoms with E-state index in [1.54, 1.807) is 6.92 Å². The number of aliphatic carboxylic acids is 1. The van der Waals surface area contributed by atoms with Gasteiger partial charge in [-0.15, -0.1) is 27.1 Å². The summed E-state index contributed by atoms with van der Waals surface area (Å²) in [6, 6.07) is -1.20. The molecule has 2 aliphatic heterocycles. The van der Waals surface area contributed by atoms with Gasteiger partial charge >= 0.3 is 5.97 Å². The number of hydrogen-bond donors (Lipinski definition) is 3. The maximum Gasteiger partial charge on any atom is 0.352 e. The van der Waals surface area contributed by atoms with Crippen LogP contribution in [0.25, 0.3) is 0 Å². The fourth-order valence-corrected chi connectivity index (χ4v) is 5.53. The maximum absolute atomic E-state index is 12.7. The molecule has 158 valence electrons. The molecule has 1 saturated heterocycles. The number of hydroxylamine groups is 2. The first-order valence-corrected chi connectivity index (χ1v) is 10.3. The maximum atomic E-state index is 12.7. The minimum atomic E-state index is -1.27. The first-order valence-electron chi connectivity index (χ1n) is 8.41. The van der Waals surface area contributed by atoms with Crippen molar-refractivity contribution < 1.29 is 24.7 Å². The number of carboxylic acid groups (broad SMARTS) is 1. The van der Waals surface area contributed by atoms with Crippen LogP contribution in [0.5, 0.6) is 0 Å². The predicted molar refractivity (Wildman–Crippen MR) is 97.5 cm³/mol. The lowest BCUT2D eigenvalue weighted by atomic mass is 10.0. The number of β-lactam (4-membered cyclic amide) rings is 1. The van der Waals surface area contributed by atoms with Gasteiger partial charge in [-0.05, 0) is 28.1 Å². The van der Waals surface area contributed by atoms with Crippen LogP contribution >= 0.6 is 23.5 Å². The van der Waals surface area contributed by atoms with Gasteiger partial charge in [0.15, 0.2) is 6.04 Å². The first-order chi connectivity index (χ1) is 14.4. The zero-order valence-corrected chi connectivity index (χ0v) is 16.8. The van der Waals surface area contributed by atoms with Crippen LogP contribution in [-0.4, -0.2) is 101 Å². The summed E-state index contributed by atoms with van der Waals surface area (Å²) in [6.07, 6.45) is 1.19. The van der Waals surface area contributed by atoms with Gasteiger partial charge in [-0.25, -0.2) is 14.5 Å². The predicted octanol–water partition coefficient (Wildman–Crippen LogP) is -1.79. The Hall–Kier alpha value is -3.05. The molecule has 0 saturated carbocycles. The molecule has 3 atom stereocenters. The second kappa shape index (κ2) is 8.00. The smallest absolute Gasteiger partial charge is 0.352 e. The van der Waals surface area contributed by atoms with Crippen LogP contribution in [0.4, 0.5) is 0 Å². The van der Waals surface area contributed by atoms with E-state index in [1.807, 2.05) is 0 Å². The van der Waals surface area contributed by atoms with Crippen molar-refractivity contribution in [3.63, 3.8) is 0 Å². The lowest BCUT2D eigenvalue weighted by molar-refractivity contribution is -0.198. The number of rotatable bonds is 7. The third kappa shape index (κ3) is 3.50. The van der Waals surface area contributed by atoms with Crippen molar-refractivity contribution in [2.45, 2.75) is 35.3 Å². The zero-order chi connectivity index (χ0) is 21.4. The number of aromatic nitrogens is 8. The molecule has 2 amide bonds. The molecule has 2 aromatic rings. The fourth-order valence-electron chi connectivity index (χ4n) is 3.08. The quantitative estimate of drug-likeness (QED) is 0.184. The summed E-state index contributed by atoms with van der Waals surface area (Å²) in [7, 11) is 0. The molecule has 0 aliphatic carbocycles. The van der Waals surface area contributed by atoms with Gasteiger partial charge in [0, 0.05) is 11.0 Å². The molecule has 2 aromatic heterocycles. The van der Waals surface area contributed by atoms with Crippen LogP contribution in [-0.2, 0) is 20.9 Å². The summed E-state index contributed by atoms with van der Waals surface area (Å²) in [5.41, 5.74) is 0.347. The molecule has 30 heavy (non-hydrogen) atoms. The zero-order valence-electron chi connectivity index (χ0n) is 15.2. The van der Waals surface area contributed by atoms with Gasteiger partial charge in [-0.3, -0.25) is 19.7 Å². The number of H-pyrrole nitrogens is 1. The number of carbonyl (C=O) groups excluding carboxylic acids is 2. The molecule has 2 aliphatic rings. The second-order valence-electron chi connectivity index (χ2n) is 6.23. The van der Waals surface area contributed by atoms with Crippen molar-refractivity contribution in [3.8, 4) is 0 Å². The lowest BCUT2D eigenvalue weighted by Gasteiger charge is -2.51. The number of thioether (sulfide) groups is 2. The average molecular weight is 454 g/mol. The summed E-state index contributed by atoms with van der Waals surface area (Å²) in [6.45, 7) is 1.41. The Kier molecular flexibility index (Phi) is 5.39. The van der Waals surface area contributed by atoms with Gasteiger partial charge in [-0.1, -0.05) is 11.8 Å². The van der Waals surface area contributed by atoms with Crippen molar-refractivity contribution in [2.24, 2.45) is 0 Å². The van der Waals surface area contributed by atoms with Crippen LogP contribution in [0.3, 0.4) is 0 Å². The number of hydrogen-bond acceptors (Lipinski definition) is 12. The van der Waals surface area contributed by atoms with Crippen LogP contribution in [0.15, 0.2) is 22.8 Å². The van der Waals surface area contributed by atoms with E-state index in [9.17, 15) is 24.7 Å². The summed E-state index contributed by atoms with van der Waals surface area (Å²) in [4.78, 5) is 38.0. The highest BCUT2D eigenvalue weighted by atomic mass is 32.2. The Balaban J connectivity index is 1.52. The fraction of sp³-hybridized carbons (Fsp3) is 0.462. The van der Waals surface area contributed by atoms with E-state index in [0.29, 0.717) is 15.8 Å². The van der Waals surface area contributed by atoms with Crippen LogP contribution < -0.4 is 0 Å². The van der Waals surface area contributed by atoms with Crippen molar-refractivity contribution in [1.82, 2.24) is 50.8 Å². The molecular weight excluding hydrogens is 440 g/mol. The molecular formula is C13H14N10O5S2. The number of carbonyl (C=O) groups is 3. The molecule has 0 radical (unpaired) electrons. The number of carboxylic acids is 1. The highest BCUT2D eigenvalue weighted by molar-refractivity contribution is 8.01. The third-order valence-corrected chi connectivity index (χ3v) is 6.79. The molecule has 4 heterocycles. The minimum absolute atomic E-state index is 0.162. The monoisotopic (exact) mass is 454 g/mol. The molecule has 17 heteroatoms. The summed E-state index contributed by atoms with van der Waals surface area (Å²) >= 11 is 2.45. The van der Waals surface area contributed by atoms with Gasteiger partial charge in [0.25, 0.3) is 11.8 Å². The van der Waals surface area contributed by atoms with Crippen molar-refractivity contribution >= 4 is 41.3 Å². The van der Waals surface area contributed by atoms with Gasteiger partial charge in [0.2, 0.25) is 5.16 Å². The summed E-state index contributed by atoms with van der Waals surface area (Å²) < 4.78 is 1.10. The van der Waals surface area contributed by atoms with Crippen LogP contribution in [0, 0.1) is 0 Å². The SMILES string of the molecule is CC(Sc1nn[nH]n1)C1=C(C(=O)O)N2C(=O)C(N(O)C(=O)Cn3cnnn3)[C@H]2SC1. The molecule has 2 unspecified atom stereocenters. The topological polar surface area (TPSA) is 196 Å². The van der Waals surface area contributed by atoms with Gasteiger partial charge in [0.05, 0.1) is 0 Å². The van der Waals surface area contributed by atoms with E-state index in [4.69, 9.17) is 0 Å². The summed E-state index contributed by atoms with van der Waals surface area (Å²) in [5, 5.41) is 43.3. The number of nitrogens with one attached hydrogen (secondary N) is 1. The molecule has 0 aromatic carbocycles. The summed E-state index contributed by atoms with van der Waals surface area (Å²) in [5.74, 6) is -2.47. The number of tetrazole rings is 2. The molecule has 0 bridgehead atoms. The number of aromatic amines is 1. The molecule has 1 fully saturated rings. The average Bonchev–Trinajstić information content (AvgIpc) is 3.40. The normalized spacial score (nSPS) is 21.8. The van der Waals surface area contributed by atoms with Gasteiger partial charge in [-0.2, -0.15) is 5.21 Å². The van der Waals surface area contributed by atoms with E-state index < -0.39 is 29.2 Å². The third-order valence-electron chi connectivity index (χ3n) is 4.48. The Bertz CT molecular complexity index is 996. The Morgan fingerprint density at radius 3 is 2.93 bits per heavy atom. The van der Waals surface area contributed by atoms with E-state index in [2.05, 4.69) is 36.1 Å². The lowest BCUT2D eigenvalue weighted by Crippen LogP contribution is -2.71. The standard InChI is InChI=1S/C13H14N10O5S2/c1-5(30-13-15-18-19-16-13)6-3-29-11-9(10(25)22(11)8(6)12(26)27)23(28)7(24)2-21-4-14-17-20-21/h4-5,9,11,28H,2-3H2,1H3,(H,26,27)(H,15,16,18,19)/t5?,9?,11-/m1/s1. The molecule has 4 rings (SSSR count). The molecule has 3 N–H and O–H groups in total. The van der Waals surface area contributed by atoms with Gasteiger partial charge < -0.3 is 5.11 Å². The Morgan fingerprint density at radius 1 is 1.50 bits per heavy atom. The van der Waals surface area contributed by atoms with E-state index in [0.717, 1.165) is 9.58 Å². The highest BCUT2D eigenvalue weighted by Crippen LogP contribution is 2.44. The van der Waals surface area contributed by atoms with Crippen LogP contribution in [0.1, 0.15) is 6.92 Å². The van der Waals surface area contributed by atoms with Crippen molar-refractivity contribution in [2.75, 3.05) is 5.75 Å². The largest absolute Gasteiger partial charge is 0.477 e. The Morgan fingerprint density at radius 2 is 2.30 bits per heavy atom. The number of amides is 2. The van der Waals surface area contributed by atoms with E-state index in [1.165, 1.54) is 29.9 Å².